The third-order valence-corrected chi connectivity index (χ3v) is 2.35. The van der Waals surface area contributed by atoms with E-state index < -0.39 is 6.43 Å². The molecule has 1 rings (SSSR count). The van der Waals surface area contributed by atoms with Crippen LogP contribution in [0.3, 0.4) is 0 Å². The fourth-order valence-corrected chi connectivity index (χ4v) is 1.72. The van der Waals surface area contributed by atoms with Crippen molar-refractivity contribution >= 4 is 29.6 Å². The standard InChI is InChI=1S/C9H7Cl2F2NO/c10-5-1-6(9(12)13)7(3-14-4-15)8(11)2-5/h1-2,4,9H,3H2,(H,14,15). The first kappa shape index (κ1) is 12.2. The second-order valence-electron chi connectivity index (χ2n) is 2.75. The zero-order chi connectivity index (χ0) is 11.4. The van der Waals surface area contributed by atoms with Gasteiger partial charge in [0.05, 0.1) is 0 Å². The molecule has 1 N–H and O–H groups in total. The van der Waals surface area contributed by atoms with Gasteiger partial charge in [-0.15, -0.1) is 0 Å². The van der Waals surface area contributed by atoms with Crippen LogP contribution in [0.25, 0.3) is 0 Å². The van der Waals surface area contributed by atoms with Gasteiger partial charge in [0.2, 0.25) is 6.41 Å². The van der Waals surface area contributed by atoms with E-state index in [4.69, 9.17) is 23.2 Å². The van der Waals surface area contributed by atoms with Crippen molar-refractivity contribution in [3.63, 3.8) is 0 Å². The molecule has 0 aliphatic heterocycles. The van der Waals surface area contributed by atoms with E-state index in [1.54, 1.807) is 0 Å². The summed E-state index contributed by atoms with van der Waals surface area (Å²) in [4.78, 5) is 10.1. The van der Waals surface area contributed by atoms with E-state index in [0.29, 0.717) is 6.41 Å². The maximum Gasteiger partial charge on any atom is 0.264 e. The Hall–Kier alpha value is -0.870. The Kier molecular flexibility index (Phi) is 4.29. The van der Waals surface area contributed by atoms with Crippen LogP contribution in [-0.2, 0) is 11.3 Å². The minimum Gasteiger partial charge on any atom is -0.355 e. The first-order chi connectivity index (χ1) is 7.06. The molecule has 0 bridgehead atoms. The molecule has 0 saturated heterocycles. The van der Waals surface area contributed by atoms with Gasteiger partial charge >= 0.3 is 0 Å². The number of alkyl halides is 2. The molecule has 0 aliphatic carbocycles. The van der Waals surface area contributed by atoms with Gasteiger partial charge in [0, 0.05) is 22.2 Å². The van der Waals surface area contributed by atoms with Gasteiger partial charge in [-0.1, -0.05) is 23.2 Å². The minimum atomic E-state index is -2.68. The summed E-state index contributed by atoms with van der Waals surface area (Å²) in [7, 11) is 0. The number of carbonyl (C=O) groups excluding carboxylic acids is 1. The third kappa shape index (κ3) is 3.04. The molecular weight excluding hydrogens is 247 g/mol. The lowest BCUT2D eigenvalue weighted by molar-refractivity contribution is -0.109. The first-order valence-corrected chi connectivity index (χ1v) is 4.75. The number of rotatable bonds is 4. The average molecular weight is 254 g/mol. The fraction of sp³-hybridized carbons (Fsp3) is 0.222. The molecule has 0 aliphatic rings. The molecule has 0 heterocycles. The number of carbonyl (C=O) groups is 1. The summed E-state index contributed by atoms with van der Waals surface area (Å²) in [6, 6.07) is 2.50. The van der Waals surface area contributed by atoms with Crippen LogP contribution in [0.5, 0.6) is 0 Å². The van der Waals surface area contributed by atoms with Crippen molar-refractivity contribution in [2.45, 2.75) is 13.0 Å². The Labute approximate surface area is 95.2 Å². The van der Waals surface area contributed by atoms with Crippen LogP contribution in [0, 0.1) is 0 Å². The van der Waals surface area contributed by atoms with Gasteiger partial charge in [-0.2, -0.15) is 0 Å². The average Bonchev–Trinajstić information content (AvgIpc) is 2.15. The smallest absolute Gasteiger partial charge is 0.264 e. The van der Waals surface area contributed by atoms with Gasteiger partial charge in [0.25, 0.3) is 6.43 Å². The van der Waals surface area contributed by atoms with E-state index in [2.05, 4.69) is 5.32 Å². The highest BCUT2D eigenvalue weighted by atomic mass is 35.5. The second kappa shape index (κ2) is 5.28. The molecule has 6 heteroatoms. The summed E-state index contributed by atoms with van der Waals surface area (Å²) in [6.45, 7) is -0.0425. The van der Waals surface area contributed by atoms with Crippen molar-refractivity contribution in [1.82, 2.24) is 5.32 Å². The Morgan fingerprint density at radius 3 is 2.60 bits per heavy atom. The van der Waals surface area contributed by atoms with E-state index in [9.17, 15) is 13.6 Å². The first-order valence-electron chi connectivity index (χ1n) is 3.99. The molecule has 0 spiro atoms. The van der Waals surface area contributed by atoms with Crippen LogP contribution in [0.15, 0.2) is 12.1 Å². The lowest BCUT2D eigenvalue weighted by atomic mass is 10.1. The molecule has 0 aromatic heterocycles. The Morgan fingerprint density at radius 1 is 1.40 bits per heavy atom. The molecular formula is C9H7Cl2F2NO. The molecule has 0 radical (unpaired) electrons. The van der Waals surface area contributed by atoms with Gasteiger partial charge in [-0.3, -0.25) is 4.79 Å². The summed E-state index contributed by atoms with van der Waals surface area (Å²) in [6.07, 6.45) is -2.26. The summed E-state index contributed by atoms with van der Waals surface area (Å²) in [5.41, 5.74) is -0.0787. The normalized spacial score (nSPS) is 10.5. The molecule has 0 fully saturated rings. The SMILES string of the molecule is O=CNCc1c(Cl)cc(Cl)cc1C(F)F. The summed E-state index contributed by atoms with van der Waals surface area (Å²) >= 11 is 11.3. The Balaban J connectivity index is 3.14. The Morgan fingerprint density at radius 2 is 2.07 bits per heavy atom. The highest BCUT2D eigenvalue weighted by Gasteiger charge is 2.16. The van der Waals surface area contributed by atoms with E-state index >= 15 is 0 Å². The number of hydrogen-bond acceptors (Lipinski definition) is 1. The predicted molar refractivity (Wildman–Crippen MR) is 54.3 cm³/mol. The maximum absolute atomic E-state index is 12.6. The second-order valence-corrected chi connectivity index (χ2v) is 3.60. The predicted octanol–water partition coefficient (Wildman–Crippen LogP) is 3.18. The van der Waals surface area contributed by atoms with Crippen molar-refractivity contribution < 1.29 is 13.6 Å². The van der Waals surface area contributed by atoms with Gasteiger partial charge in [0.15, 0.2) is 0 Å². The van der Waals surface area contributed by atoms with E-state index in [-0.39, 0.29) is 27.7 Å². The molecule has 1 aromatic rings. The van der Waals surface area contributed by atoms with Crippen LogP contribution in [-0.4, -0.2) is 6.41 Å². The van der Waals surface area contributed by atoms with E-state index in [1.807, 2.05) is 0 Å². The van der Waals surface area contributed by atoms with Gasteiger partial charge in [-0.05, 0) is 17.7 Å². The van der Waals surface area contributed by atoms with Crippen LogP contribution in [0.1, 0.15) is 17.6 Å². The molecule has 2 nitrogen and oxygen atoms in total. The zero-order valence-corrected chi connectivity index (χ0v) is 8.95. The summed E-state index contributed by atoms with van der Waals surface area (Å²) in [5.74, 6) is 0. The molecule has 1 amide bonds. The molecule has 1 aromatic carbocycles. The van der Waals surface area contributed by atoms with Crippen LogP contribution < -0.4 is 5.32 Å². The van der Waals surface area contributed by atoms with Crippen LogP contribution >= 0.6 is 23.2 Å². The number of nitrogens with one attached hydrogen (secondary N) is 1. The van der Waals surface area contributed by atoms with Crippen molar-refractivity contribution in [1.29, 1.82) is 0 Å². The van der Waals surface area contributed by atoms with Crippen molar-refractivity contribution in [2.24, 2.45) is 0 Å². The van der Waals surface area contributed by atoms with Crippen LogP contribution in [0.2, 0.25) is 10.0 Å². The summed E-state index contributed by atoms with van der Waals surface area (Å²) < 4.78 is 25.2. The topological polar surface area (TPSA) is 29.1 Å². The monoisotopic (exact) mass is 253 g/mol. The number of halogens is 4. The van der Waals surface area contributed by atoms with Gasteiger partial charge in [0.1, 0.15) is 0 Å². The quantitative estimate of drug-likeness (QED) is 0.821. The maximum atomic E-state index is 12.6. The van der Waals surface area contributed by atoms with Crippen molar-refractivity contribution in [2.75, 3.05) is 0 Å². The van der Waals surface area contributed by atoms with E-state index in [1.165, 1.54) is 6.07 Å². The largest absolute Gasteiger partial charge is 0.355 e. The Bertz CT molecular complexity index is 371. The lowest BCUT2D eigenvalue weighted by Crippen LogP contribution is -2.12. The highest BCUT2D eigenvalue weighted by Crippen LogP contribution is 2.31. The molecule has 0 atom stereocenters. The number of hydrogen-bond donors (Lipinski definition) is 1. The van der Waals surface area contributed by atoms with Crippen molar-refractivity contribution in [3.8, 4) is 0 Å². The van der Waals surface area contributed by atoms with Crippen LogP contribution in [0.4, 0.5) is 8.78 Å². The third-order valence-electron chi connectivity index (χ3n) is 1.79. The summed E-state index contributed by atoms with van der Waals surface area (Å²) in [5, 5.41) is 2.54. The van der Waals surface area contributed by atoms with E-state index in [0.717, 1.165) is 6.07 Å². The molecule has 0 saturated carbocycles. The highest BCUT2D eigenvalue weighted by molar-refractivity contribution is 6.35. The fourth-order valence-electron chi connectivity index (χ4n) is 1.15. The number of amides is 1. The van der Waals surface area contributed by atoms with Crippen molar-refractivity contribution in [3.05, 3.63) is 33.3 Å². The number of benzene rings is 1. The molecule has 0 unspecified atom stereocenters. The lowest BCUT2D eigenvalue weighted by Gasteiger charge is -2.10. The minimum absolute atomic E-state index is 0.0425. The van der Waals surface area contributed by atoms with Gasteiger partial charge < -0.3 is 5.32 Å². The van der Waals surface area contributed by atoms with Gasteiger partial charge in [-0.25, -0.2) is 8.78 Å². The molecule has 15 heavy (non-hydrogen) atoms. The molecule has 82 valence electrons. The zero-order valence-electron chi connectivity index (χ0n) is 7.44.